The predicted molar refractivity (Wildman–Crippen MR) is 116 cm³/mol. The van der Waals surface area contributed by atoms with Gasteiger partial charge in [-0.3, -0.25) is 9.59 Å². The molecule has 29 heavy (non-hydrogen) atoms. The number of hydrogen-bond donors (Lipinski definition) is 1. The van der Waals surface area contributed by atoms with Crippen LogP contribution >= 0.6 is 11.6 Å². The lowest BCUT2D eigenvalue weighted by atomic mass is 10.1. The number of benzene rings is 2. The van der Waals surface area contributed by atoms with Crippen LogP contribution in [0.25, 0.3) is 0 Å². The van der Waals surface area contributed by atoms with Gasteiger partial charge in [-0.25, -0.2) is 0 Å². The fourth-order valence-corrected chi connectivity index (χ4v) is 3.09. The number of carbonyl (C=O) groups excluding carboxylic acids is 2. The molecule has 0 fully saturated rings. The molecule has 6 heteroatoms. The highest BCUT2D eigenvalue weighted by atomic mass is 35.5. The zero-order valence-corrected chi connectivity index (χ0v) is 17.8. The number of ether oxygens (including phenoxy) is 1. The van der Waals surface area contributed by atoms with Gasteiger partial charge < -0.3 is 15.0 Å². The maximum atomic E-state index is 13.0. The molecule has 0 radical (unpaired) electrons. The Labute approximate surface area is 178 Å². The van der Waals surface area contributed by atoms with E-state index in [9.17, 15) is 9.59 Å². The Balaban J connectivity index is 2.12. The maximum Gasteiger partial charge on any atom is 0.261 e. The van der Waals surface area contributed by atoms with Gasteiger partial charge in [-0.05, 0) is 42.7 Å². The predicted octanol–water partition coefficient (Wildman–Crippen LogP) is 4.44. The summed E-state index contributed by atoms with van der Waals surface area (Å²) in [6.45, 7) is 4.80. The molecule has 1 N–H and O–H groups in total. The average molecular weight is 417 g/mol. The summed E-state index contributed by atoms with van der Waals surface area (Å²) in [5.74, 6) is 0.195. The van der Waals surface area contributed by atoms with Gasteiger partial charge in [0, 0.05) is 18.1 Å². The van der Waals surface area contributed by atoms with Crippen LogP contribution in [0.2, 0.25) is 5.02 Å². The van der Waals surface area contributed by atoms with E-state index in [2.05, 4.69) is 12.2 Å². The van der Waals surface area contributed by atoms with Gasteiger partial charge in [-0.1, -0.05) is 62.2 Å². The molecule has 2 amide bonds. The topological polar surface area (TPSA) is 58.6 Å². The number of amides is 2. The third-order valence-corrected chi connectivity index (χ3v) is 4.84. The fraction of sp³-hybridized carbons (Fsp3) is 0.391. The lowest BCUT2D eigenvalue weighted by Gasteiger charge is -2.30. The van der Waals surface area contributed by atoms with Crippen LogP contribution in [0.4, 0.5) is 0 Å². The molecule has 0 saturated carbocycles. The molecule has 0 spiro atoms. The van der Waals surface area contributed by atoms with Crippen molar-refractivity contribution < 1.29 is 14.3 Å². The third kappa shape index (κ3) is 7.42. The number of unbranched alkanes of at least 4 members (excludes halogenated alkanes) is 1. The summed E-state index contributed by atoms with van der Waals surface area (Å²) in [4.78, 5) is 27.4. The lowest BCUT2D eigenvalue weighted by Crippen LogP contribution is -2.50. The van der Waals surface area contributed by atoms with E-state index in [-0.39, 0.29) is 18.4 Å². The summed E-state index contributed by atoms with van der Waals surface area (Å²) in [7, 11) is 0. The second-order valence-electron chi connectivity index (χ2n) is 6.82. The van der Waals surface area contributed by atoms with E-state index in [4.69, 9.17) is 16.3 Å². The van der Waals surface area contributed by atoms with Gasteiger partial charge in [-0.2, -0.15) is 0 Å². The first-order valence-electron chi connectivity index (χ1n) is 10.0. The molecular formula is C23H29ClN2O3. The van der Waals surface area contributed by atoms with Crippen molar-refractivity contribution in [2.75, 3.05) is 13.2 Å². The van der Waals surface area contributed by atoms with Crippen molar-refractivity contribution in [3.8, 4) is 5.75 Å². The highest BCUT2D eigenvalue weighted by Gasteiger charge is 2.28. The van der Waals surface area contributed by atoms with Crippen molar-refractivity contribution in [3.05, 3.63) is 65.2 Å². The van der Waals surface area contributed by atoms with Crippen LogP contribution in [0, 0.1) is 0 Å². The molecule has 1 atom stereocenters. The zero-order valence-electron chi connectivity index (χ0n) is 17.1. The summed E-state index contributed by atoms with van der Waals surface area (Å²) >= 11 is 5.89. The van der Waals surface area contributed by atoms with E-state index in [1.54, 1.807) is 29.2 Å². The van der Waals surface area contributed by atoms with Gasteiger partial charge in [-0.15, -0.1) is 0 Å². The summed E-state index contributed by atoms with van der Waals surface area (Å²) in [5, 5.41) is 3.55. The van der Waals surface area contributed by atoms with Gasteiger partial charge in [0.15, 0.2) is 6.61 Å². The molecule has 2 aromatic carbocycles. The van der Waals surface area contributed by atoms with Crippen LogP contribution < -0.4 is 10.1 Å². The Morgan fingerprint density at radius 3 is 2.38 bits per heavy atom. The summed E-state index contributed by atoms with van der Waals surface area (Å²) in [6.07, 6.45) is 2.44. The molecular weight excluding hydrogens is 388 g/mol. The van der Waals surface area contributed by atoms with Crippen molar-refractivity contribution in [3.63, 3.8) is 0 Å². The van der Waals surface area contributed by atoms with Crippen molar-refractivity contribution in [2.24, 2.45) is 0 Å². The maximum absolute atomic E-state index is 13.0. The first-order valence-corrected chi connectivity index (χ1v) is 10.4. The van der Waals surface area contributed by atoms with Crippen LogP contribution in [0.3, 0.4) is 0 Å². The molecule has 2 rings (SSSR count). The number of nitrogens with one attached hydrogen (secondary N) is 1. The Morgan fingerprint density at radius 2 is 1.76 bits per heavy atom. The molecule has 0 heterocycles. The SMILES string of the molecule is CCCCNC(=O)[C@H](CC)N(Cc1ccccc1)C(=O)COc1ccc(Cl)cc1. The lowest BCUT2D eigenvalue weighted by molar-refractivity contribution is -0.143. The molecule has 0 saturated heterocycles. The van der Waals surface area contributed by atoms with Crippen molar-refractivity contribution in [1.82, 2.24) is 10.2 Å². The van der Waals surface area contributed by atoms with Crippen molar-refractivity contribution in [1.29, 1.82) is 0 Å². The molecule has 156 valence electrons. The Morgan fingerprint density at radius 1 is 1.07 bits per heavy atom. The number of hydrogen-bond acceptors (Lipinski definition) is 3. The van der Waals surface area contributed by atoms with Crippen LogP contribution in [-0.4, -0.2) is 35.9 Å². The minimum atomic E-state index is -0.548. The van der Waals surface area contributed by atoms with Crippen LogP contribution in [0.1, 0.15) is 38.7 Å². The van der Waals surface area contributed by atoms with E-state index < -0.39 is 6.04 Å². The number of halogens is 1. The smallest absolute Gasteiger partial charge is 0.261 e. The zero-order chi connectivity index (χ0) is 21.1. The minimum absolute atomic E-state index is 0.128. The van der Waals surface area contributed by atoms with E-state index in [1.165, 1.54) is 0 Å². The quantitative estimate of drug-likeness (QED) is 0.551. The Bertz CT molecular complexity index is 765. The number of carbonyl (C=O) groups is 2. The van der Waals surface area contributed by atoms with E-state index >= 15 is 0 Å². The van der Waals surface area contributed by atoms with Gasteiger partial charge >= 0.3 is 0 Å². The van der Waals surface area contributed by atoms with Gasteiger partial charge in [0.2, 0.25) is 5.91 Å². The molecule has 0 bridgehead atoms. The molecule has 0 aliphatic carbocycles. The first-order chi connectivity index (χ1) is 14.0. The minimum Gasteiger partial charge on any atom is -0.484 e. The van der Waals surface area contributed by atoms with Gasteiger partial charge in [0.05, 0.1) is 0 Å². The van der Waals surface area contributed by atoms with E-state index in [0.717, 1.165) is 18.4 Å². The molecule has 5 nitrogen and oxygen atoms in total. The Kier molecular flexibility index (Phi) is 9.51. The normalized spacial score (nSPS) is 11.6. The van der Waals surface area contributed by atoms with E-state index in [0.29, 0.717) is 30.3 Å². The third-order valence-electron chi connectivity index (χ3n) is 4.59. The summed E-state index contributed by atoms with van der Waals surface area (Å²) < 4.78 is 5.63. The molecule has 2 aromatic rings. The van der Waals surface area contributed by atoms with Crippen LogP contribution in [-0.2, 0) is 16.1 Å². The van der Waals surface area contributed by atoms with E-state index in [1.807, 2.05) is 37.3 Å². The second kappa shape index (κ2) is 12.1. The molecule has 0 aliphatic rings. The number of rotatable bonds is 11. The molecule has 0 unspecified atom stereocenters. The molecule has 0 aliphatic heterocycles. The summed E-state index contributed by atoms with van der Waals surface area (Å²) in [6, 6.07) is 16.0. The average Bonchev–Trinajstić information content (AvgIpc) is 2.74. The highest BCUT2D eigenvalue weighted by molar-refractivity contribution is 6.30. The first kappa shape index (κ1) is 22.8. The highest BCUT2D eigenvalue weighted by Crippen LogP contribution is 2.17. The molecule has 0 aromatic heterocycles. The summed E-state index contributed by atoms with van der Waals surface area (Å²) in [5.41, 5.74) is 0.965. The fourth-order valence-electron chi connectivity index (χ4n) is 2.96. The standard InChI is InChI=1S/C23H29ClN2O3/c1-3-5-15-25-23(28)21(4-2)26(16-18-9-7-6-8-10-18)22(27)17-29-20-13-11-19(24)12-14-20/h6-14,21H,3-5,15-17H2,1-2H3,(H,25,28)/t21-/m0/s1. The van der Waals surface area contributed by atoms with Gasteiger partial charge in [0.25, 0.3) is 5.91 Å². The number of nitrogens with zero attached hydrogens (tertiary/aromatic N) is 1. The van der Waals surface area contributed by atoms with Crippen molar-refractivity contribution >= 4 is 23.4 Å². The van der Waals surface area contributed by atoms with Crippen LogP contribution in [0.5, 0.6) is 5.75 Å². The second-order valence-corrected chi connectivity index (χ2v) is 7.25. The van der Waals surface area contributed by atoms with Crippen molar-refractivity contribution in [2.45, 2.75) is 45.7 Å². The van der Waals surface area contributed by atoms with Gasteiger partial charge in [0.1, 0.15) is 11.8 Å². The Hall–Kier alpha value is -2.53. The van der Waals surface area contributed by atoms with Crippen LogP contribution in [0.15, 0.2) is 54.6 Å². The monoisotopic (exact) mass is 416 g/mol. The largest absolute Gasteiger partial charge is 0.484 e.